The topological polar surface area (TPSA) is 59.7 Å². The molecule has 0 spiro atoms. The summed E-state index contributed by atoms with van der Waals surface area (Å²) in [5.41, 5.74) is 1.98. The second-order valence-electron chi connectivity index (χ2n) is 7.43. The minimum atomic E-state index is -0.103. The third-order valence-electron chi connectivity index (χ3n) is 5.67. The molecule has 1 fully saturated rings. The molecule has 0 unspecified atom stereocenters. The van der Waals surface area contributed by atoms with Crippen molar-refractivity contribution in [2.24, 2.45) is 5.92 Å². The van der Waals surface area contributed by atoms with Gasteiger partial charge in [-0.3, -0.25) is 9.20 Å². The Morgan fingerprint density at radius 3 is 2.96 bits per heavy atom. The fourth-order valence-corrected chi connectivity index (χ4v) is 4.27. The molecule has 138 valence electrons. The minimum Gasteiger partial charge on any atom is -0.492 e. The highest BCUT2D eigenvalue weighted by Gasteiger charge is 2.33. The van der Waals surface area contributed by atoms with Gasteiger partial charge in [-0.05, 0) is 43.0 Å². The normalized spacial score (nSPS) is 22.3. The van der Waals surface area contributed by atoms with Crippen LogP contribution in [0.4, 0.5) is 0 Å². The second kappa shape index (κ2) is 6.68. The van der Waals surface area contributed by atoms with Crippen molar-refractivity contribution in [1.29, 1.82) is 0 Å². The van der Waals surface area contributed by atoms with E-state index in [9.17, 15) is 4.79 Å². The zero-order chi connectivity index (χ0) is 18.2. The largest absolute Gasteiger partial charge is 0.492 e. The standard InChI is InChI=1S/C21H22N4O2/c26-21(17-12-15-6-1-2-8-18(15)27-14-17)24-10-5-7-16(13-24)20-23-22-19-9-3-4-11-25(19)20/h1-4,6,8-9,11,16-17H,5,7,10,12-14H2/t16-,17-/m1/s1. The van der Waals surface area contributed by atoms with Crippen molar-refractivity contribution in [3.8, 4) is 5.75 Å². The van der Waals surface area contributed by atoms with Gasteiger partial charge < -0.3 is 9.64 Å². The van der Waals surface area contributed by atoms with Gasteiger partial charge >= 0.3 is 0 Å². The number of hydrogen-bond acceptors (Lipinski definition) is 4. The average molecular weight is 362 g/mol. The van der Waals surface area contributed by atoms with Gasteiger partial charge in [0, 0.05) is 25.2 Å². The van der Waals surface area contributed by atoms with Gasteiger partial charge in [-0.2, -0.15) is 0 Å². The van der Waals surface area contributed by atoms with Gasteiger partial charge in [-0.25, -0.2) is 0 Å². The third-order valence-corrected chi connectivity index (χ3v) is 5.67. The first kappa shape index (κ1) is 16.3. The molecule has 0 saturated carbocycles. The molecule has 4 heterocycles. The lowest BCUT2D eigenvalue weighted by atomic mass is 9.92. The molecule has 27 heavy (non-hydrogen) atoms. The van der Waals surface area contributed by atoms with Crippen molar-refractivity contribution >= 4 is 11.6 Å². The number of hydrogen-bond donors (Lipinski definition) is 0. The smallest absolute Gasteiger partial charge is 0.229 e. The minimum absolute atomic E-state index is 0.103. The summed E-state index contributed by atoms with van der Waals surface area (Å²) in [6.07, 6.45) is 4.77. The highest BCUT2D eigenvalue weighted by molar-refractivity contribution is 5.80. The number of amides is 1. The van der Waals surface area contributed by atoms with Gasteiger partial charge in [0.15, 0.2) is 5.65 Å². The molecule has 0 N–H and O–H groups in total. The first-order valence-electron chi connectivity index (χ1n) is 9.59. The zero-order valence-corrected chi connectivity index (χ0v) is 15.1. The summed E-state index contributed by atoms with van der Waals surface area (Å²) in [6, 6.07) is 13.9. The molecule has 2 atom stereocenters. The van der Waals surface area contributed by atoms with Gasteiger partial charge in [0.25, 0.3) is 0 Å². The van der Waals surface area contributed by atoms with Gasteiger partial charge in [0.1, 0.15) is 18.2 Å². The van der Waals surface area contributed by atoms with Crippen LogP contribution in [0.3, 0.4) is 0 Å². The van der Waals surface area contributed by atoms with Crippen molar-refractivity contribution < 1.29 is 9.53 Å². The van der Waals surface area contributed by atoms with Gasteiger partial charge in [0.05, 0.1) is 5.92 Å². The Balaban J connectivity index is 1.33. The summed E-state index contributed by atoms with van der Waals surface area (Å²) in [5, 5.41) is 8.67. The van der Waals surface area contributed by atoms with Crippen molar-refractivity contribution in [3.05, 3.63) is 60.0 Å². The van der Waals surface area contributed by atoms with Crippen molar-refractivity contribution in [2.75, 3.05) is 19.7 Å². The predicted octanol–water partition coefficient (Wildman–Crippen LogP) is 2.69. The maximum absolute atomic E-state index is 13.1. The fourth-order valence-electron chi connectivity index (χ4n) is 4.27. The van der Waals surface area contributed by atoms with Crippen LogP contribution in [0.5, 0.6) is 5.75 Å². The van der Waals surface area contributed by atoms with Crippen LogP contribution in [0.25, 0.3) is 5.65 Å². The summed E-state index contributed by atoms with van der Waals surface area (Å²) in [7, 11) is 0. The number of benzene rings is 1. The molecule has 3 aromatic rings. The number of fused-ring (bicyclic) bond motifs is 2. The molecule has 1 aromatic carbocycles. The number of para-hydroxylation sites is 1. The summed E-state index contributed by atoms with van der Waals surface area (Å²) in [6.45, 7) is 1.97. The van der Waals surface area contributed by atoms with Crippen molar-refractivity contribution in [3.63, 3.8) is 0 Å². The number of rotatable bonds is 2. The number of carbonyl (C=O) groups is 1. The van der Waals surface area contributed by atoms with E-state index in [1.165, 1.54) is 0 Å². The fraction of sp³-hybridized carbons (Fsp3) is 0.381. The van der Waals surface area contributed by atoms with E-state index < -0.39 is 0 Å². The SMILES string of the molecule is O=C([C@H]1COc2ccccc2C1)N1CCC[C@@H](c2nnc3ccccn23)C1. The number of piperidine rings is 1. The third kappa shape index (κ3) is 2.95. The number of likely N-dealkylation sites (tertiary alicyclic amines) is 1. The Morgan fingerprint density at radius 1 is 1.11 bits per heavy atom. The lowest BCUT2D eigenvalue weighted by molar-refractivity contribution is -0.138. The molecule has 6 heteroatoms. The molecular formula is C21H22N4O2. The number of nitrogens with zero attached hydrogens (tertiary/aromatic N) is 4. The second-order valence-corrected chi connectivity index (χ2v) is 7.43. The molecule has 5 rings (SSSR count). The molecule has 2 aliphatic heterocycles. The van der Waals surface area contributed by atoms with Gasteiger partial charge in [-0.15, -0.1) is 10.2 Å². The number of pyridine rings is 1. The Morgan fingerprint density at radius 2 is 2.00 bits per heavy atom. The van der Waals surface area contributed by atoms with Crippen LogP contribution in [0.1, 0.15) is 30.1 Å². The van der Waals surface area contributed by atoms with E-state index in [1.54, 1.807) is 0 Å². The molecule has 0 aliphatic carbocycles. The lowest BCUT2D eigenvalue weighted by Gasteiger charge is -2.35. The number of aromatic nitrogens is 3. The summed E-state index contributed by atoms with van der Waals surface area (Å²) >= 11 is 0. The van der Waals surface area contributed by atoms with E-state index in [4.69, 9.17) is 4.74 Å². The van der Waals surface area contributed by atoms with E-state index in [2.05, 4.69) is 16.3 Å². The number of ether oxygens (including phenoxy) is 1. The Hall–Kier alpha value is -2.89. The zero-order valence-electron chi connectivity index (χ0n) is 15.1. The van der Waals surface area contributed by atoms with E-state index in [1.807, 2.05) is 51.9 Å². The summed E-state index contributed by atoms with van der Waals surface area (Å²) < 4.78 is 7.87. The van der Waals surface area contributed by atoms with Gasteiger partial charge in [-0.1, -0.05) is 24.3 Å². The number of carbonyl (C=O) groups excluding carboxylic acids is 1. The van der Waals surface area contributed by atoms with E-state index >= 15 is 0 Å². The van der Waals surface area contributed by atoms with Crippen LogP contribution in [-0.2, 0) is 11.2 Å². The Labute approximate surface area is 157 Å². The van der Waals surface area contributed by atoms with Crippen LogP contribution < -0.4 is 4.74 Å². The summed E-state index contributed by atoms with van der Waals surface area (Å²) in [5.74, 6) is 2.18. The molecule has 6 nitrogen and oxygen atoms in total. The first-order valence-corrected chi connectivity index (χ1v) is 9.59. The Bertz CT molecular complexity index is 983. The highest BCUT2D eigenvalue weighted by atomic mass is 16.5. The molecular weight excluding hydrogens is 340 g/mol. The molecule has 1 saturated heterocycles. The van der Waals surface area contributed by atoms with E-state index in [-0.39, 0.29) is 17.7 Å². The molecule has 0 bridgehead atoms. The summed E-state index contributed by atoms with van der Waals surface area (Å²) in [4.78, 5) is 15.1. The van der Waals surface area contributed by atoms with Gasteiger partial charge in [0.2, 0.25) is 5.91 Å². The quantitative estimate of drug-likeness (QED) is 0.703. The average Bonchev–Trinajstić information content (AvgIpc) is 3.17. The van der Waals surface area contributed by atoms with Crippen molar-refractivity contribution in [2.45, 2.75) is 25.2 Å². The molecule has 1 amide bonds. The van der Waals surface area contributed by atoms with Crippen LogP contribution in [0.2, 0.25) is 0 Å². The molecule has 0 radical (unpaired) electrons. The highest BCUT2D eigenvalue weighted by Crippen LogP contribution is 2.31. The molecule has 2 aromatic heterocycles. The van der Waals surface area contributed by atoms with E-state index in [0.29, 0.717) is 13.2 Å². The molecule has 2 aliphatic rings. The van der Waals surface area contributed by atoms with Crippen LogP contribution >= 0.6 is 0 Å². The lowest BCUT2D eigenvalue weighted by Crippen LogP contribution is -2.45. The maximum atomic E-state index is 13.1. The maximum Gasteiger partial charge on any atom is 0.229 e. The van der Waals surface area contributed by atoms with Crippen molar-refractivity contribution in [1.82, 2.24) is 19.5 Å². The predicted molar refractivity (Wildman–Crippen MR) is 101 cm³/mol. The van der Waals surface area contributed by atoms with E-state index in [0.717, 1.165) is 48.6 Å². The first-order chi connectivity index (χ1) is 13.3. The van der Waals surface area contributed by atoms with Crippen LogP contribution in [0.15, 0.2) is 48.7 Å². The van der Waals surface area contributed by atoms with Crippen LogP contribution in [-0.4, -0.2) is 45.1 Å². The van der Waals surface area contributed by atoms with Crippen LogP contribution in [0, 0.1) is 5.92 Å². The monoisotopic (exact) mass is 362 g/mol. The Kier molecular flexibility index (Phi) is 4.03.